The first-order chi connectivity index (χ1) is 6.08. The van der Waals surface area contributed by atoms with Gasteiger partial charge in [-0.3, -0.25) is 4.79 Å². The van der Waals surface area contributed by atoms with Gasteiger partial charge in [0, 0.05) is 5.69 Å². The Balaban J connectivity index is 2.71. The molecule has 1 heterocycles. The zero-order chi connectivity index (χ0) is 9.84. The fourth-order valence-corrected chi connectivity index (χ4v) is 1.88. The number of pyridine rings is 1. The fourth-order valence-electron chi connectivity index (χ4n) is 1.05. The number of rotatable bonds is 3. The summed E-state index contributed by atoms with van der Waals surface area (Å²) in [7, 11) is 0. The van der Waals surface area contributed by atoms with Crippen molar-refractivity contribution in [3.05, 3.63) is 23.4 Å². The van der Waals surface area contributed by atoms with Crippen LogP contribution in [0.4, 0.5) is 0 Å². The molecule has 0 N–H and O–H groups in total. The first kappa shape index (κ1) is 10.3. The van der Waals surface area contributed by atoms with Gasteiger partial charge in [-0.1, -0.05) is 11.8 Å². The van der Waals surface area contributed by atoms with E-state index in [1.165, 1.54) is 17.3 Å². The van der Waals surface area contributed by atoms with Gasteiger partial charge in [-0.2, -0.15) is 0 Å². The van der Waals surface area contributed by atoms with E-state index in [1.54, 1.807) is 6.92 Å². The molecule has 0 radical (unpaired) electrons. The van der Waals surface area contributed by atoms with E-state index in [0.29, 0.717) is 5.75 Å². The molecular formula is C10H13NOS. The number of Topliss-reactive ketones (excluding diaryl/α,β-unsaturated/α-hetero) is 1. The van der Waals surface area contributed by atoms with Crippen molar-refractivity contribution in [3.8, 4) is 0 Å². The highest BCUT2D eigenvalue weighted by molar-refractivity contribution is 7.99. The summed E-state index contributed by atoms with van der Waals surface area (Å²) < 4.78 is 0. The van der Waals surface area contributed by atoms with Crippen LogP contribution in [0, 0.1) is 13.8 Å². The molecule has 1 aromatic heterocycles. The molecule has 0 bridgehead atoms. The van der Waals surface area contributed by atoms with Crippen LogP contribution >= 0.6 is 11.8 Å². The number of carbonyl (C=O) groups excluding carboxylic acids is 1. The Morgan fingerprint density at radius 2 is 2.15 bits per heavy atom. The van der Waals surface area contributed by atoms with Crippen molar-refractivity contribution < 1.29 is 4.79 Å². The number of thioether (sulfide) groups is 1. The van der Waals surface area contributed by atoms with Crippen LogP contribution in [-0.4, -0.2) is 16.5 Å². The van der Waals surface area contributed by atoms with Crippen LogP contribution < -0.4 is 0 Å². The second kappa shape index (κ2) is 4.42. The summed E-state index contributed by atoms with van der Waals surface area (Å²) in [6.45, 7) is 5.59. The fraction of sp³-hybridized carbons (Fsp3) is 0.400. The molecule has 70 valence electrons. The van der Waals surface area contributed by atoms with Crippen LogP contribution in [0.25, 0.3) is 0 Å². The third-order valence-corrected chi connectivity index (χ3v) is 2.55. The molecule has 0 amide bonds. The van der Waals surface area contributed by atoms with Crippen LogP contribution in [0.2, 0.25) is 0 Å². The van der Waals surface area contributed by atoms with Crippen LogP contribution in [0.1, 0.15) is 18.2 Å². The molecule has 13 heavy (non-hydrogen) atoms. The SMILES string of the molecule is CC(=O)CSc1cc(C)cc(C)n1. The third kappa shape index (κ3) is 3.59. The highest BCUT2D eigenvalue weighted by atomic mass is 32.2. The molecule has 0 atom stereocenters. The number of aromatic nitrogens is 1. The first-order valence-corrected chi connectivity index (χ1v) is 5.14. The lowest BCUT2D eigenvalue weighted by molar-refractivity contribution is -0.114. The van der Waals surface area contributed by atoms with E-state index in [9.17, 15) is 4.79 Å². The minimum absolute atomic E-state index is 0.186. The van der Waals surface area contributed by atoms with Crippen LogP contribution in [0.3, 0.4) is 0 Å². The number of hydrogen-bond acceptors (Lipinski definition) is 3. The van der Waals surface area contributed by atoms with Crippen LogP contribution in [0.5, 0.6) is 0 Å². The van der Waals surface area contributed by atoms with Crippen molar-refractivity contribution in [2.24, 2.45) is 0 Å². The molecular weight excluding hydrogens is 182 g/mol. The second-order valence-corrected chi connectivity index (χ2v) is 4.11. The number of ketones is 1. The van der Waals surface area contributed by atoms with Gasteiger partial charge in [0.05, 0.1) is 10.8 Å². The van der Waals surface area contributed by atoms with Gasteiger partial charge in [-0.15, -0.1) is 0 Å². The minimum atomic E-state index is 0.186. The Morgan fingerprint density at radius 1 is 1.46 bits per heavy atom. The summed E-state index contributed by atoms with van der Waals surface area (Å²) in [6.07, 6.45) is 0. The highest BCUT2D eigenvalue weighted by Crippen LogP contribution is 2.17. The standard InChI is InChI=1S/C10H13NOS/c1-7-4-8(2)11-10(5-7)13-6-9(3)12/h4-5H,6H2,1-3H3. The first-order valence-electron chi connectivity index (χ1n) is 4.15. The molecule has 1 aromatic rings. The van der Waals surface area contributed by atoms with Crippen molar-refractivity contribution in [1.82, 2.24) is 4.98 Å². The van der Waals surface area contributed by atoms with Gasteiger partial charge < -0.3 is 0 Å². The van der Waals surface area contributed by atoms with Gasteiger partial charge in [0.25, 0.3) is 0 Å². The molecule has 0 aliphatic rings. The average molecular weight is 195 g/mol. The van der Waals surface area contributed by atoms with Gasteiger partial charge in [-0.05, 0) is 38.5 Å². The van der Waals surface area contributed by atoms with Crippen LogP contribution in [0.15, 0.2) is 17.2 Å². The Kier molecular flexibility index (Phi) is 3.48. The average Bonchev–Trinajstić information content (AvgIpc) is 1.99. The number of nitrogens with zero attached hydrogens (tertiary/aromatic N) is 1. The Bertz CT molecular complexity index is 302. The predicted octanol–water partition coefficient (Wildman–Crippen LogP) is 2.38. The summed E-state index contributed by atoms with van der Waals surface area (Å²) in [6, 6.07) is 4.03. The summed E-state index contributed by atoms with van der Waals surface area (Å²) >= 11 is 1.50. The summed E-state index contributed by atoms with van der Waals surface area (Å²) in [5.41, 5.74) is 2.20. The maximum absolute atomic E-state index is 10.7. The van der Waals surface area contributed by atoms with Crippen molar-refractivity contribution in [3.63, 3.8) is 0 Å². The molecule has 2 nitrogen and oxygen atoms in total. The normalized spacial score (nSPS) is 10.1. The monoisotopic (exact) mass is 195 g/mol. The molecule has 1 rings (SSSR count). The number of hydrogen-bond donors (Lipinski definition) is 0. The van der Waals surface area contributed by atoms with E-state index in [0.717, 1.165) is 10.7 Å². The van der Waals surface area contributed by atoms with E-state index in [-0.39, 0.29) is 5.78 Å². The zero-order valence-electron chi connectivity index (χ0n) is 8.13. The van der Waals surface area contributed by atoms with E-state index in [2.05, 4.69) is 4.98 Å². The number of carbonyl (C=O) groups is 1. The third-order valence-electron chi connectivity index (χ3n) is 1.50. The van der Waals surface area contributed by atoms with Crippen molar-refractivity contribution in [2.75, 3.05) is 5.75 Å². The second-order valence-electron chi connectivity index (χ2n) is 3.11. The van der Waals surface area contributed by atoms with E-state index in [1.807, 2.05) is 26.0 Å². The van der Waals surface area contributed by atoms with Gasteiger partial charge >= 0.3 is 0 Å². The van der Waals surface area contributed by atoms with Crippen LogP contribution in [-0.2, 0) is 4.79 Å². The predicted molar refractivity (Wildman–Crippen MR) is 55.1 cm³/mol. The highest BCUT2D eigenvalue weighted by Gasteiger charge is 2.00. The molecule has 0 aromatic carbocycles. The molecule has 0 aliphatic carbocycles. The molecule has 0 saturated heterocycles. The van der Waals surface area contributed by atoms with Gasteiger partial charge in [0.2, 0.25) is 0 Å². The molecule has 0 saturated carbocycles. The maximum Gasteiger partial charge on any atom is 0.140 e. The summed E-state index contributed by atoms with van der Waals surface area (Å²) in [4.78, 5) is 15.1. The van der Waals surface area contributed by atoms with E-state index >= 15 is 0 Å². The smallest absolute Gasteiger partial charge is 0.140 e. The van der Waals surface area contributed by atoms with Gasteiger partial charge in [0.1, 0.15) is 5.78 Å². The molecule has 0 fully saturated rings. The maximum atomic E-state index is 10.7. The lowest BCUT2D eigenvalue weighted by atomic mass is 10.3. The van der Waals surface area contributed by atoms with Crippen molar-refractivity contribution >= 4 is 17.5 Å². The minimum Gasteiger partial charge on any atom is -0.299 e. The topological polar surface area (TPSA) is 30.0 Å². The number of aryl methyl sites for hydroxylation is 2. The lowest BCUT2D eigenvalue weighted by Gasteiger charge is -2.01. The van der Waals surface area contributed by atoms with E-state index < -0.39 is 0 Å². The molecule has 3 heteroatoms. The van der Waals surface area contributed by atoms with Crippen molar-refractivity contribution in [1.29, 1.82) is 0 Å². The van der Waals surface area contributed by atoms with E-state index in [4.69, 9.17) is 0 Å². The summed E-state index contributed by atoms with van der Waals surface area (Å²) in [5, 5.41) is 0.938. The summed E-state index contributed by atoms with van der Waals surface area (Å²) in [5.74, 6) is 0.696. The molecule has 0 aliphatic heterocycles. The molecule has 0 spiro atoms. The quantitative estimate of drug-likeness (QED) is 0.694. The molecule has 0 unspecified atom stereocenters. The van der Waals surface area contributed by atoms with Gasteiger partial charge in [0.15, 0.2) is 0 Å². The zero-order valence-corrected chi connectivity index (χ0v) is 8.94. The lowest BCUT2D eigenvalue weighted by Crippen LogP contribution is -1.95. The Hall–Kier alpha value is -0.830. The van der Waals surface area contributed by atoms with Crippen molar-refractivity contribution in [2.45, 2.75) is 25.8 Å². The van der Waals surface area contributed by atoms with Gasteiger partial charge in [-0.25, -0.2) is 4.98 Å². The largest absolute Gasteiger partial charge is 0.299 e. The Labute approximate surface area is 82.8 Å². The Morgan fingerprint density at radius 3 is 2.69 bits per heavy atom.